The van der Waals surface area contributed by atoms with Crippen molar-refractivity contribution in [3.8, 4) is 11.1 Å². The van der Waals surface area contributed by atoms with Crippen molar-refractivity contribution in [3.05, 3.63) is 173 Å². The summed E-state index contributed by atoms with van der Waals surface area (Å²) < 4.78 is 0. The highest BCUT2D eigenvalue weighted by Crippen LogP contribution is 2.44. The molecule has 1 aliphatic carbocycles. The molecule has 1 aliphatic rings. The Morgan fingerprint density at radius 1 is 0.660 bits per heavy atom. The van der Waals surface area contributed by atoms with Gasteiger partial charge in [0.15, 0.2) is 0 Å². The molecule has 6 aromatic rings. The second kappa shape index (κ2) is 12.8. The Hall–Kier alpha value is -5.99. The highest BCUT2D eigenvalue weighted by atomic mass is 14.7. The van der Waals surface area contributed by atoms with E-state index in [-0.39, 0.29) is 0 Å². The number of hydrogen-bond acceptors (Lipinski definition) is 1. The van der Waals surface area contributed by atoms with E-state index in [0.29, 0.717) is 0 Å². The van der Waals surface area contributed by atoms with Crippen LogP contribution in [-0.2, 0) is 0 Å². The van der Waals surface area contributed by atoms with Crippen LogP contribution < -0.4 is 0 Å². The SMILES string of the molecule is C=Cc1[nH]c(/C=C\C)c(/C=C/c2ccc3c(-c4cccc5ccccc45)c4ccccc4c(C4=C/C=C/C(C)=C/C=C4)c3c2)c1C=N. The van der Waals surface area contributed by atoms with Gasteiger partial charge in [-0.15, -0.1) is 0 Å². The quantitative estimate of drug-likeness (QED) is 0.134. The summed E-state index contributed by atoms with van der Waals surface area (Å²) in [5, 5.41) is 15.5. The van der Waals surface area contributed by atoms with Crippen LogP contribution in [0.15, 0.2) is 140 Å². The highest BCUT2D eigenvalue weighted by molar-refractivity contribution is 6.22. The number of fused-ring (bicyclic) bond motifs is 3. The molecule has 226 valence electrons. The number of aromatic amines is 1. The van der Waals surface area contributed by atoms with E-state index in [2.05, 4.69) is 152 Å². The summed E-state index contributed by atoms with van der Waals surface area (Å²) in [7, 11) is 0. The zero-order chi connectivity index (χ0) is 32.3. The number of allylic oxidation sites excluding steroid dienone is 9. The van der Waals surface area contributed by atoms with E-state index in [1.165, 1.54) is 66.4 Å². The first-order valence-corrected chi connectivity index (χ1v) is 16.0. The molecule has 0 saturated heterocycles. The molecule has 0 saturated carbocycles. The summed E-state index contributed by atoms with van der Waals surface area (Å²) in [6.45, 7) is 8.07. The molecule has 1 aromatic heterocycles. The molecule has 0 unspecified atom stereocenters. The van der Waals surface area contributed by atoms with E-state index < -0.39 is 0 Å². The average molecular weight is 605 g/mol. The Morgan fingerprint density at radius 3 is 2.17 bits per heavy atom. The lowest BCUT2D eigenvalue weighted by Crippen LogP contribution is -1.94. The second-order valence-corrected chi connectivity index (χ2v) is 11.8. The van der Waals surface area contributed by atoms with Crippen LogP contribution in [0.3, 0.4) is 0 Å². The normalized spacial score (nSPS) is 15.2. The Kier molecular flexibility index (Phi) is 8.08. The number of aromatic nitrogens is 1. The van der Waals surface area contributed by atoms with Crippen molar-refractivity contribution in [1.29, 1.82) is 5.41 Å². The molecular formula is C45H36N2. The van der Waals surface area contributed by atoms with Gasteiger partial charge >= 0.3 is 0 Å². The molecular weight excluding hydrogens is 569 g/mol. The minimum absolute atomic E-state index is 0.829. The van der Waals surface area contributed by atoms with Gasteiger partial charge in [0.1, 0.15) is 0 Å². The van der Waals surface area contributed by atoms with Gasteiger partial charge in [-0.2, -0.15) is 0 Å². The van der Waals surface area contributed by atoms with Gasteiger partial charge in [0.05, 0.1) is 0 Å². The predicted molar refractivity (Wildman–Crippen MR) is 207 cm³/mol. The summed E-state index contributed by atoms with van der Waals surface area (Å²) in [5.41, 5.74) is 10.8. The summed E-state index contributed by atoms with van der Waals surface area (Å²) in [5.74, 6) is 0. The topological polar surface area (TPSA) is 39.6 Å². The molecule has 0 radical (unpaired) electrons. The monoisotopic (exact) mass is 604 g/mol. The van der Waals surface area contributed by atoms with Gasteiger partial charge in [0.25, 0.3) is 0 Å². The minimum Gasteiger partial charge on any atom is -0.354 e. The maximum absolute atomic E-state index is 8.12. The summed E-state index contributed by atoms with van der Waals surface area (Å²) >= 11 is 0. The lowest BCUT2D eigenvalue weighted by atomic mass is 9.83. The molecule has 0 aliphatic heterocycles. The van der Waals surface area contributed by atoms with Crippen LogP contribution in [0, 0.1) is 5.41 Å². The van der Waals surface area contributed by atoms with Crippen LogP contribution in [0.2, 0.25) is 0 Å². The summed E-state index contributed by atoms with van der Waals surface area (Å²) in [4.78, 5) is 3.41. The van der Waals surface area contributed by atoms with Crippen LogP contribution in [0.25, 0.3) is 73.3 Å². The van der Waals surface area contributed by atoms with Crippen molar-refractivity contribution in [3.63, 3.8) is 0 Å². The molecule has 2 nitrogen and oxygen atoms in total. The Balaban J connectivity index is 1.54. The standard InChI is InChI=1S/C45H36N2/c1-4-13-43-35(41(29-46)42(5-2)47-43)26-24-31-25-27-39-40(28-31)44(33-18-10-14-30(3)15-11-19-33)37-21-8-9-22-38(37)45(39)36-23-12-17-32-16-6-7-20-34(32)36/h4-29,46-47H,2H2,1,3H3/b13-4-,14-10+,15-11?,18-10?,19-11?,26-24+,30-14?,30-15+,33-18?,33-19?,46-29?. The lowest BCUT2D eigenvalue weighted by molar-refractivity contribution is 1.34. The van der Waals surface area contributed by atoms with E-state index in [1.807, 2.05) is 19.1 Å². The van der Waals surface area contributed by atoms with Crippen LogP contribution >= 0.6 is 0 Å². The Labute approximate surface area is 276 Å². The van der Waals surface area contributed by atoms with Gasteiger partial charge in [0, 0.05) is 28.7 Å². The third kappa shape index (κ3) is 5.45. The molecule has 0 atom stereocenters. The first kappa shape index (κ1) is 29.7. The number of nitrogens with one attached hydrogen (secondary N) is 2. The fourth-order valence-corrected chi connectivity index (χ4v) is 6.77. The number of H-pyrrole nitrogens is 1. The van der Waals surface area contributed by atoms with E-state index in [9.17, 15) is 0 Å². The molecule has 2 heteroatoms. The number of hydrogen-bond donors (Lipinski definition) is 2. The maximum atomic E-state index is 8.12. The Morgan fingerprint density at radius 2 is 1.38 bits per heavy atom. The van der Waals surface area contributed by atoms with Gasteiger partial charge < -0.3 is 10.4 Å². The molecule has 2 N–H and O–H groups in total. The molecule has 7 rings (SSSR count). The van der Waals surface area contributed by atoms with Crippen molar-refractivity contribution < 1.29 is 0 Å². The second-order valence-electron chi connectivity index (χ2n) is 11.8. The van der Waals surface area contributed by atoms with Gasteiger partial charge in [-0.25, -0.2) is 0 Å². The fraction of sp³-hybridized carbons (Fsp3) is 0.0444. The van der Waals surface area contributed by atoms with Gasteiger partial charge in [-0.3, -0.25) is 0 Å². The van der Waals surface area contributed by atoms with Crippen molar-refractivity contribution in [1.82, 2.24) is 4.98 Å². The zero-order valence-electron chi connectivity index (χ0n) is 26.7. The molecule has 1 heterocycles. The maximum Gasteiger partial charge on any atom is 0.0474 e. The Bertz CT molecular complexity index is 2390. The molecule has 0 amide bonds. The molecule has 47 heavy (non-hydrogen) atoms. The van der Waals surface area contributed by atoms with Crippen molar-refractivity contribution >= 4 is 68.4 Å². The zero-order valence-corrected chi connectivity index (χ0v) is 26.7. The average Bonchev–Trinajstić information content (AvgIpc) is 3.44. The van der Waals surface area contributed by atoms with Gasteiger partial charge in [-0.1, -0.05) is 146 Å². The van der Waals surface area contributed by atoms with Crippen LogP contribution in [0.1, 0.15) is 47.5 Å². The van der Waals surface area contributed by atoms with E-state index in [1.54, 1.807) is 6.08 Å². The van der Waals surface area contributed by atoms with E-state index >= 15 is 0 Å². The third-order valence-electron chi connectivity index (χ3n) is 8.93. The van der Waals surface area contributed by atoms with Crippen LogP contribution in [0.4, 0.5) is 0 Å². The number of benzene rings is 5. The van der Waals surface area contributed by atoms with Crippen LogP contribution in [-0.4, -0.2) is 11.2 Å². The minimum atomic E-state index is 0.829. The van der Waals surface area contributed by atoms with Gasteiger partial charge in [0.2, 0.25) is 0 Å². The number of rotatable bonds is 7. The predicted octanol–water partition coefficient (Wildman–Crippen LogP) is 12.4. The molecule has 0 bridgehead atoms. The largest absolute Gasteiger partial charge is 0.354 e. The molecule has 0 fully saturated rings. The fourth-order valence-electron chi connectivity index (χ4n) is 6.77. The molecule has 5 aromatic carbocycles. The van der Waals surface area contributed by atoms with Crippen molar-refractivity contribution in [2.75, 3.05) is 0 Å². The lowest BCUT2D eigenvalue weighted by Gasteiger charge is -2.20. The van der Waals surface area contributed by atoms with E-state index in [4.69, 9.17) is 5.41 Å². The smallest absolute Gasteiger partial charge is 0.0474 e. The first-order valence-electron chi connectivity index (χ1n) is 16.0. The van der Waals surface area contributed by atoms with Crippen molar-refractivity contribution in [2.45, 2.75) is 13.8 Å². The molecule has 0 spiro atoms. The third-order valence-corrected chi connectivity index (χ3v) is 8.93. The highest BCUT2D eigenvalue weighted by Gasteiger charge is 2.19. The summed E-state index contributed by atoms with van der Waals surface area (Å²) in [6, 6.07) is 30.9. The summed E-state index contributed by atoms with van der Waals surface area (Å²) in [6.07, 6.45) is 24.6. The first-order chi connectivity index (χ1) is 23.1. The van der Waals surface area contributed by atoms with E-state index in [0.717, 1.165) is 28.1 Å². The van der Waals surface area contributed by atoms with Gasteiger partial charge in [-0.05, 0) is 92.2 Å². The van der Waals surface area contributed by atoms with Crippen LogP contribution in [0.5, 0.6) is 0 Å². The van der Waals surface area contributed by atoms with Crippen molar-refractivity contribution in [2.24, 2.45) is 0 Å².